The van der Waals surface area contributed by atoms with Crippen molar-refractivity contribution < 1.29 is 14.3 Å². The topological polar surface area (TPSA) is 67.7 Å². The molecule has 1 atom stereocenters. The Hall–Kier alpha value is -2.83. The molecule has 3 heterocycles. The number of likely N-dealkylation sites (tertiary alicyclic amines) is 1. The number of hydrogen-bond acceptors (Lipinski definition) is 4. The molecule has 0 radical (unpaired) electrons. The minimum Gasteiger partial charge on any atom is -0.453 e. The van der Waals surface area contributed by atoms with Gasteiger partial charge in [-0.15, -0.1) is 0 Å². The van der Waals surface area contributed by atoms with E-state index in [1.54, 1.807) is 4.90 Å². The van der Waals surface area contributed by atoms with Crippen molar-refractivity contribution in [1.82, 2.24) is 19.6 Å². The van der Waals surface area contributed by atoms with E-state index in [1.807, 2.05) is 34.8 Å². The maximum absolute atomic E-state index is 13.3. The highest BCUT2D eigenvalue weighted by Crippen LogP contribution is 2.29. The van der Waals surface area contributed by atoms with Gasteiger partial charge in [0, 0.05) is 49.9 Å². The van der Waals surface area contributed by atoms with Gasteiger partial charge in [0.1, 0.15) is 6.04 Å². The van der Waals surface area contributed by atoms with Crippen LogP contribution in [0.15, 0.2) is 30.3 Å². The standard InChI is InChI=1S/C22H28N4O3/c1-24-18-12-15-25(21(27)19-10-6-7-13-26(19)22(28)29-2)14-11-17(18)20(23-24)16-8-4-3-5-9-16/h3-5,8-9,19H,6-7,10-15H2,1-2H3. The SMILES string of the molecule is COC(=O)N1CCCCC1C(=O)N1CCc2c(-c3ccccc3)nn(C)c2CC1. The highest BCUT2D eigenvalue weighted by atomic mass is 16.5. The Balaban J connectivity index is 1.54. The van der Waals surface area contributed by atoms with Gasteiger partial charge in [0.2, 0.25) is 5.91 Å². The molecule has 0 saturated carbocycles. The number of methoxy groups -OCH3 is 1. The number of amides is 2. The van der Waals surface area contributed by atoms with Crippen molar-refractivity contribution in [1.29, 1.82) is 0 Å². The number of fused-ring (bicyclic) bond motifs is 1. The van der Waals surface area contributed by atoms with Crippen LogP contribution < -0.4 is 0 Å². The molecule has 2 aromatic rings. The number of piperidine rings is 1. The molecule has 0 spiro atoms. The molecule has 7 heteroatoms. The number of aromatic nitrogens is 2. The van der Waals surface area contributed by atoms with E-state index in [-0.39, 0.29) is 5.91 Å². The number of benzene rings is 1. The lowest BCUT2D eigenvalue weighted by atomic mass is 10.0. The Morgan fingerprint density at radius 1 is 1.07 bits per heavy atom. The molecule has 2 amide bonds. The third kappa shape index (κ3) is 3.73. The monoisotopic (exact) mass is 396 g/mol. The summed E-state index contributed by atoms with van der Waals surface area (Å²) in [5.41, 5.74) is 4.52. The normalized spacial score (nSPS) is 19.4. The van der Waals surface area contributed by atoms with E-state index in [1.165, 1.54) is 18.4 Å². The van der Waals surface area contributed by atoms with Gasteiger partial charge < -0.3 is 9.64 Å². The van der Waals surface area contributed by atoms with Crippen molar-refractivity contribution in [3.63, 3.8) is 0 Å². The molecule has 1 fully saturated rings. The zero-order chi connectivity index (χ0) is 20.4. The van der Waals surface area contributed by atoms with Gasteiger partial charge in [-0.05, 0) is 25.7 Å². The van der Waals surface area contributed by atoms with Crippen LogP contribution in [0.25, 0.3) is 11.3 Å². The first kappa shape index (κ1) is 19.5. The van der Waals surface area contributed by atoms with Crippen LogP contribution in [0.1, 0.15) is 30.5 Å². The number of rotatable bonds is 2. The van der Waals surface area contributed by atoms with Crippen molar-refractivity contribution in [3.05, 3.63) is 41.6 Å². The third-order valence-corrected chi connectivity index (χ3v) is 6.08. The Bertz CT molecular complexity index is 893. The molecule has 1 aromatic carbocycles. The van der Waals surface area contributed by atoms with E-state index < -0.39 is 12.1 Å². The molecular weight excluding hydrogens is 368 g/mol. The first-order chi connectivity index (χ1) is 14.1. The van der Waals surface area contributed by atoms with Crippen molar-refractivity contribution in [2.75, 3.05) is 26.7 Å². The van der Waals surface area contributed by atoms with E-state index in [4.69, 9.17) is 9.84 Å². The minimum atomic E-state index is -0.413. The fourth-order valence-electron chi connectivity index (χ4n) is 4.56. The first-order valence-corrected chi connectivity index (χ1v) is 10.3. The quantitative estimate of drug-likeness (QED) is 0.783. The minimum absolute atomic E-state index is 0.0390. The maximum atomic E-state index is 13.3. The van der Waals surface area contributed by atoms with Crippen LogP contribution in [0.2, 0.25) is 0 Å². The number of aryl methyl sites for hydroxylation is 1. The van der Waals surface area contributed by atoms with Gasteiger partial charge in [-0.25, -0.2) is 4.79 Å². The van der Waals surface area contributed by atoms with Gasteiger partial charge in [0.25, 0.3) is 0 Å². The summed E-state index contributed by atoms with van der Waals surface area (Å²) < 4.78 is 6.86. The van der Waals surface area contributed by atoms with Crippen molar-refractivity contribution >= 4 is 12.0 Å². The first-order valence-electron chi connectivity index (χ1n) is 10.3. The van der Waals surface area contributed by atoms with Gasteiger partial charge in [-0.3, -0.25) is 14.4 Å². The molecule has 2 aliphatic rings. The van der Waals surface area contributed by atoms with Crippen LogP contribution in [-0.2, 0) is 29.4 Å². The van der Waals surface area contributed by atoms with Crippen LogP contribution in [0, 0.1) is 0 Å². The second kappa shape index (κ2) is 8.27. The van der Waals surface area contributed by atoms with Crippen LogP contribution in [0.3, 0.4) is 0 Å². The lowest BCUT2D eigenvalue weighted by Crippen LogP contribution is -2.53. The summed E-state index contributed by atoms with van der Waals surface area (Å²) in [5, 5.41) is 4.75. The van der Waals surface area contributed by atoms with Crippen molar-refractivity contribution in [2.24, 2.45) is 7.05 Å². The van der Waals surface area contributed by atoms with Gasteiger partial charge in [-0.2, -0.15) is 5.10 Å². The number of carbonyl (C=O) groups is 2. The van der Waals surface area contributed by atoms with Gasteiger partial charge in [-0.1, -0.05) is 30.3 Å². The summed E-state index contributed by atoms with van der Waals surface area (Å²) in [6, 6.07) is 9.78. The number of carbonyl (C=O) groups excluding carboxylic acids is 2. The predicted molar refractivity (Wildman–Crippen MR) is 109 cm³/mol. The van der Waals surface area contributed by atoms with Crippen LogP contribution >= 0.6 is 0 Å². The molecule has 29 heavy (non-hydrogen) atoms. The highest BCUT2D eigenvalue weighted by molar-refractivity contribution is 5.86. The Labute approximate surface area is 171 Å². The summed E-state index contributed by atoms with van der Waals surface area (Å²) in [6.45, 7) is 1.87. The molecule has 0 aliphatic carbocycles. The molecular formula is C22H28N4O3. The summed E-state index contributed by atoms with van der Waals surface area (Å²) in [5.74, 6) is 0.0390. The molecule has 2 aliphatic heterocycles. The molecule has 0 N–H and O–H groups in total. The molecule has 154 valence electrons. The molecule has 4 rings (SSSR count). The van der Waals surface area contributed by atoms with E-state index in [0.29, 0.717) is 26.1 Å². The smallest absolute Gasteiger partial charge is 0.410 e. The van der Waals surface area contributed by atoms with Crippen LogP contribution in [-0.4, -0.2) is 64.4 Å². The zero-order valence-electron chi connectivity index (χ0n) is 17.1. The fraction of sp³-hybridized carbons (Fsp3) is 0.500. The molecule has 1 aromatic heterocycles. The lowest BCUT2D eigenvalue weighted by molar-refractivity contribution is -0.137. The largest absolute Gasteiger partial charge is 0.453 e. The summed E-state index contributed by atoms with van der Waals surface area (Å²) in [6.07, 6.45) is 3.70. The average molecular weight is 396 g/mol. The van der Waals surface area contributed by atoms with Gasteiger partial charge in [0.05, 0.1) is 12.8 Å². The van der Waals surface area contributed by atoms with Crippen molar-refractivity contribution in [2.45, 2.75) is 38.1 Å². The Morgan fingerprint density at radius 3 is 2.59 bits per heavy atom. The second-order valence-corrected chi connectivity index (χ2v) is 7.76. The summed E-state index contributed by atoms with van der Waals surface area (Å²) in [4.78, 5) is 29.0. The van der Waals surface area contributed by atoms with Crippen LogP contribution in [0.5, 0.6) is 0 Å². The number of hydrogen-bond donors (Lipinski definition) is 0. The summed E-state index contributed by atoms with van der Waals surface area (Å²) >= 11 is 0. The second-order valence-electron chi connectivity index (χ2n) is 7.76. The van der Waals surface area contributed by atoms with E-state index in [0.717, 1.165) is 36.9 Å². The molecule has 1 unspecified atom stereocenters. The van der Waals surface area contributed by atoms with E-state index >= 15 is 0 Å². The number of nitrogens with zero attached hydrogens (tertiary/aromatic N) is 4. The average Bonchev–Trinajstić information content (AvgIpc) is 2.94. The molecule has 7 nitrogen and oxygen atoms in total. The Morgan fingerprint density at radius 2 is 1.83 bits per heavy atom. The fourth-order valence-corrected chi connectivity index (χ4v) is 4.56. The summed E-state index contributed by atoms with van der Waals surface area (Å²) in [7, 11) is 3.35. The number of ether oxygens (including phenoxy) is 1. The zero-order valence-corrected chi connectivity index (χ0v) is 17.1. The van der Waals surface area contributed by atoms with Gasteiger partial charge >= 0.3 is 6.09 Å². The molecule has 1 saturated heterocycles. The third-order valence-electron chi connectivity index (χ3n) is 6.08. The maximum Gasteiger partial charge on any atom is 0.410 e. The highest BCUT2D eigenvalue weighted by Gasteiger charge is 2.36. The van der Waals surface area contributed by atoms with E-state index in [9.17, 15) is 9.59 Å². The van der Waals surface area contributed by atoms with Crippen LogP contribution in [0.4, 0.5) is 4.79 Å². The predicted octanol–water partition coefficient (Wildman–Crippen LogP) is 2.64. The van der Waals surface area contributed by atoms with Gasteiger partial charge in [0.15, 0.2) is 0 Å². The van der Waals surface area contributed by atoms with Crippen molar-refractivity contribution in [3.8, 4) is 11.3 Å². The lowest BCUT2D eigenvalue weighted by Gasteiger charge is -2.36. The Kier molecular flexibility index (Phi) is 5.56. The molecule has 0 bridgehead atoms. The van der Waals surface area contributed by atoms with E-state index in [2.05, 4.69) is 12.1 Å².